The molecule has 1 aliphatic rings. The van der Waals surface area contributed by atoms with Crippen LogP contribution in [0.3, 0.4) is 0 Å². The fraction of sp³-hybridized carbons (Fsp3) is 0.923. The van der Waals surface area contributed by atoms with Crippen LogP contribution in [0.15, 0.2) is 0 Å². The second kappa shape index (κ2) is 5.54. The van der Waals surface area contributed by atoms with E-state index >= 15 is 0 Å². The van der Waals surface area contributed by atoms with Gasteiger partial charge in [-0.3, -0.25) is 0 Å². The molecule has 0 spiro atoms. The van der Waals surface area contributed by atoms with Crippen molar-refractivity contribution in [3.8, 4) is 0 Å². The molecule has 1 fully saturated rings. The van der Waals surface area contributed by atoms with Crippen molar-refractivity contribution in [1.82, 2.24) is 20.2 Å². The first-order chi connectivity index (χ1) is 9.03. The molecule has 0 radical (unpaired) electrons. The van der Waals surface area contributed by atoms with Gasteiger partial charge < -0.3 is 10.5 Å². The Morgan fingerprint density at radius 2 is 1.95 bits per heavy atom. The summed E-state index contributed by atoms with van der Waals surface area (Å²) in [5.74, 6) is 0.843. The van der Waals surface area contributed by atoms with Crippen molar-refractivity contribution < 1.29 is 4.74 Å². The van der Waals surface area contributed by atoms with Gasteiger partial charge in [-0.05, 0) is 48.4 Å². The molecule has 2 N–H and O–H groups in total. The molecule has 19 heavy (non-hydrogen) atoms. The van der Waals surface area contributed by atoms with Crippen molar-refractivity contribution >= 4 is 0 Å². The third-order valence-corrected chi connectivity index (χ3v) is 4.11. The molecule has 2 rings (SSSR count). The van der Waals surface area contributed by atoms with Gasteiger partial charge in [-0.15, -0.1) is 5.10 Å². The number of hydrogen-bond donors (Lipinski definition) is 1. The molecule has 1 saturated carbocycles. The number of aromatic nitrogens is 4. The first kappa shape index (κ1) is 14.4. The highest BCUT2D eigenvalue weighted by Crippen LogP contribution is 2.46. The topological polar surface area (TPSA) is 78.9 Å². The van der Waals surface area contributed by atoms with E-state index in [1.807, 2.05) is 6.92 Å². The second-order valence-electron chi connectivity index (χ2n) is 6.11. The summed E-state index contributed by atoms with van der Waals surface area (Å²) < 4.78 is 7.89. The fourth-order valence-corrected chi connectivity index (χ4v) is 2.84. The molecule has 6 heteroatoms. The first-order valence-corrected chi connectivity index (χ1v) is 7.14. The van der Waals surface area contributed by atoms with Gasteiger partial charge in [-0.2, -0.15) is 0 Å². The van der Waals surface area contributed by atoms with Gasteiger partial charge in [0.05, 0.1) is 6.54 Å². The predicted molar refractivity (Wildman–Crippen MR) is 72.4 cm³/mol. The maximum atomic E-state index is 6.09. The monoisotopic (exact) mass is 267 g/mol. The van der Waals surface area contributed by atoms with Crippen molar-refractivity contribution in [3.05, 3.63) is 5.82 Å². The summed E-state index contributed by atoms with van der Waals surface area (Å²) in [7, 11) is 0. The SMILES string of the molecule is CCOC1(c2nnnn2CCN)CCC(C)(C)CC1. The van der Waals surface area contributed by atoms with Crippen LogP contribution in [-0.2, 0) is 16.9 Å². The minimum atomic E-state index is -0.330. The zero-order valence-corrected chi connectivity index (χ0v) is 12.2. The lowest BCUT2D eigenvalue weighted by Crippen LogP contribution is -2.40. The van der Waals surface area contributed by atoms with Gasteiger partial charge in [0.1, 0.15) is 5.60 Å². The van der Waals surface area contributed by atoms with Crippen LogP contribution < -0.4 is 5.73 Å². The highest BCUT2D eigenvalue weighted by Gasteiger charge is 2.44. The molecule has 0 saturated heterocycles. The van der Waals surface area contributed by atoms with Gasteiger partial charge in [0.2, 0.25) is 0 Å². The van der Waals surface area contributed by atoms with Crippen LogP contribution in [0, 0.1) is 5.41 Å². The van der Waals surface area contributed by atoms with E-state index in [0.717, 1.165) is 31.5 Å². The molecular weight excluding hydrogens is 242 g/mol. The van der Waals surface area contributed by atoms with E-state index < -0.39 is 0 Å². The van der Waals surface area contributed by atoms with Gasteiger partial charge in [-0.25, -0.2) is 4.68 Å². The second-order valence-corrected chi connectivity index (χ2v) is 6.11. The summed E-state index contributed by atoms with van der Waals surface area (Å²) in [5, 5.41) is 12.1. The lowest BCUT2D eigenvalue weighted by Gasteiger charge is -2.42. The molecule has 1 aromatic rings. The van der Waals surface area contributed by atoms with E-state index in [1.54, 1.807) is 4.68 Å². The number of hydrogen-bond acceptors (Lipinski definition) is 5. The molecule has 0 amide bonds. The zero-order valence-electron chi connectivity index (χ0n) is 12.2. The molecule has 0 atom stereocenters. The Morgan fingerprint density at radius 1 is 1.26 bits per heavy atom. The van der Waals surface area contributed by atoms with E-state index in [4.69, 9.17) is 10.5 Å². The Bertz CT molecular complexity index is 405. The summed E-state index contributed by atoms with van der Waals surface area (Å²) in [6, 6.07) is 0. The van der Waals surface area contributed by atoms with Gasteiger partial charge in [0.25, 0.3) is 0 Å². The van der Waals surface area contributed by atoms with Crippen LogP contribution >= 0.6 is 0 Å². The van der Waals surface area contributed by atoms with Crippen LogP contribution in [-0.4, -0.2) is 33.4 Å². The molecule has 0 aliphatic heterocycles. The molecular formula is C13H25N5O. The average Bonchev–Trinajstić information content (AvgIpc) is 2.82. The maximum Gasteiger partial charge on any atom is 0.183 e. The minimum Gasteiger partial charge on any atom is -0.367 e. The first-order valence-electron chi connectivity index (χ1n) is 7.14. The molecule has 0 unspecified atom stereocenters. The van der Waals surface area contributed by atoms with Crippen LogP contribution in [0.1, 0.15) is 52.3 Å². The molecule has 108 valence electrons. The molecule has 1 heterocycles. The van der Waals surface area contributed by atoms with Gasteiger partial charge in [-0.1, -0.05) is 13.8 Å². The van der Waals surface area contributed by atoms with E-state index in [0.29, 0.717) is 25.1 Å². The Labute approximate surface area is 114 Å². The van der Waals surface area contributed by atoms with Crippen molar-refractivity contribution in [2.75, 3.05) is 13.2 Å². The Kier molecular flexibility index (Phi) is 4.20. The number of ether oxygens (including phenoxy) is 1. The summed E-state index contributed by atoms with van der Waals surface area (Å²) in [5.41, 5.74) is 5.67. The summed E-state index contributed by atoms with van der Waals surface area (Å²) in [6.07, 6.45) is 4.20. The average molecular weight is 267 g/mol. The third kappa shape index (κ3) is 2.95. The smallest absolute Gasteiger partial charge is 0.183 e. The van der Waals surface area contributed by atoms with Gasteiger partial charge in [0, 0.05) is 13.2 Å². The minimum absolute atomic E-state index is 0.330. The molecule has 0 bridgehead atoms. The van der Waals surface area contributed by atoms with Crippen LogP contribution in [0.25, 0.3) is 0 Å². The van der Waals surface area contributed by atoms with Crippen LogP contribution in [0.5, 0.6) is 0 Å². The van der Waals surface area contributed by atoms with Crippen molar-refractivity contribution in [2.45, 2.75) is 58.6 Å². The lowest BCUT2D eigenvalue weighted by atomic mass is 9.70. The molecule has 1 aliphatic carbocycles. The van der Waals surface area contributed by atoms with E-state index in [1.165, 1.54) is 0 Å². The van der Waals surface area contributed by atoms with Crippen molar-refractivity contribution in [3.63, 3.8) is 0 Å². The maximum absolute atomic E-state index is 6.09. The number of nitrogens with two attached hydrogens (primary N) is 1. The number of rotatable bonds is 5. The van der Waals surface area contributed by atoms with Gasteiger partial charge >= 0.3 is 0 Å². The molecule has 6 nitrogen and oxygen atoms in total. The van der Waals surface area contributed by atoms with Gasteiger partial charge in [0.15, 0.2) is 5.82 Å². The highest BCUT2D eigenvalue weighted by molar-refractivity contribution is 5.04. The number of tetrazole rings is 1. The third-order valence-electron chi connectivity index (χ3n) is 4.11. The normalized spacial score (nSPS) is 21.5. The molecule has 1 aromatic heterocycles. The Balaban J connectivity index is 2.27. The Hall–Kier alpha value is -1.01. The fourth-order valence-electron chi connectivity index (χ4n) is 2.84. The van der Waals surface area contributed by atoms with E-state index in [2.05, 4.69) is 29.4 Å². The van der Waals surface area contributed by atoms with Crippen LogP contribution in [0.4, 0.5) is 0 Å². The largest absolute Gasteiger partial charge is 0.367 e. The zero-order chi connectivity index (χ0) is 13.9. The molecule has 0 aromatic carbocycles. The van der Waals surface area contributed by atoms with Crippen molar-refractivity contribution in [2.24, 2.45) is 11.1 Å². The predicted octanol–water partition coefficient (Wildman–Crippen LogP) is 1.46. The highest BCUT2D eigenvalue weighted by atomic mass is 16.5. The number of nitrogens with zero attached hydrogens (tertiary/aromatic N) is 4. The quantitative estimate of drug-likeness (QED) is 0.873. The summed E-state index contributed by atoms with van der Waals surface area (Å²) in [4.78, 5) is 0. The van der Waals surface area contributed by atoms with Crippen LogP contribution in [0.2, 0.25) is 0 Å². The summed E-state index contributed by atoms with van der Waals surface area (Å²) in [6.45, 7) is 8.50. The van der Waals surface area contributed by atoms with Crippen molar-refractivity contribution in [1.29, 1.82) is 0 Å². The lowest BCUT2D eigenvalue weighted by molar-refractivity contribution is -0.0973. The standard InChI is InChI=1S/C13H25N5O/c1-4-19-13(7-5-12(2,3)6-8-13)11-15-16-17-18(11)10-9-14/h4-10,14H2,1-3H3. The summed E-state index contributed by atoms with van der Waals surface area (Å²) >= 11 is 0. The Morgan fingerprint density at radius 3 is 2.53 bits per heavy atom. The van der Waals surface area contributed by atoms with E-state index in [-0.39, 0.29) is 5.60 Å². The van der Waals surface area contributed by atoms with E-state index in [9.17, 15) is 0 Å².